The zero-order valence-electron chi connectivity index (χ0n) is 11.3. The molecule has 1 heterocycles. The molecule has 0 aliphatic carbocycles. The minimum Gasteiger partial charge on any atom is -0.354 e. The molecule has 0 saturated heterocycles. The van der Waals surface area contributed by atoms with E-state index in [1.165, 1.54) is 28.3 Å². The normalized spacial score (nSPS) is 10.6. The van der Waals surface area contributed by atoms with Crippen molar-refractivity contribution in [3.05, 3.63) is 40.6 Å². The van der Waals surface area contributed by atoms with Gasteiger partial charge in [-0.05, 0) is 24.3 Å². The summed E-state index contributed by atoms with van der Waals surface area (Å²) in [5, 5.41) is 6.80. The van der Waals surface area contributed by atoms with Gasteiger partial charge in [-0.2, -0.15) is 0 Å². The van der Waals surface area contributed by atoms with Gasteiger partial charge >= 0.3 is 5.69 Å². The fraction of sp³-hybridized carbons (Fsp3) is 0.308. The van der Waals surface area contributed by atoms with Crippen LogP contribution >= 0.6 is 0 Å². The third-order valence-corrected chi connectivity index (χ3v) is 2.84. The second kappa shape index (κ2) is 5.68. The molecule has 0 saturated carbocycles. The Morgan fingerprint density at radius 3 is 2.60 bits per heavy atom. The Labute approximate surface area is 114 Å². The summed E-state index contributed by atoms with van der Waals surface area (Å²) in [6.45, 7) is 2.02. The van der Waals surface area contributed by atoms with E-state index in [1.54, 1.807) is 19.2 Å². The van der Waals surface area contributed by atoms with Crippen molar-refractivity contribution in [1.82, 2.24) is 19.7 Å². The zero-order chi connectivity index (χ0) is 14.7. The second-order valence-electron chi connectivity index (χ2n) is 4.38. The molecular formula is C13H15FN4O2. The van der Waals surface area contributed by atoms with Gasteiger partial charge < -0.3 is 5.32 Å². The number of benzene rings is 1. The number of amides is 1. The van der Waals surface area contributed by atoms with Gasteiger partial charge in [0.25, 0.3) is 0 Å². The van der Waals surface area contributed by atoms with E-state index in [-0.39, 0.29) is 24.0 Å². The van der Waals surface area contributed by atoms with Gasteiger partial charge in [-0.1, -0.05) is 0 Å². The first-order chi connectivity index (χ1) is 9.49. The molecule has 0 fully saturated rings. The lowest BCUT2D eigenvalue weighted by Crippen LogP contribution is -2.30. The van der Waals surface area contributed by atoms with Crippen molar-refractivity contribution in [2.45, 2.75) is 13.5 Å². The minimum atomic E-state index is -0.344. The number of nitrogens with one attached hydrogen (secondary N) is 1. The van der Waals surface area contributed by atoms with Crippen LogP contribution in [0.4, 0.5) is 4.39 Å². The van der Waals surface area contributed by atoms with E-state index in [1.807, 2.05) is 0 Å². The van der Waals surface area contributed by atoms with Gasteiger partial charge in [0.1, 0.15) is 5.82 Å². The Morgan fingerprint density at radius 2 is 2.00 bits per heavy atom. The van der Waals surface area contributed by atoms with Crippen molar-refractivity contribution in [2.75, 3.05) is 6.54 Å². The van der Waals surface area contributed by atoms with Crippen molar-refractivity contribution in [1.29, 1.82) is 0 Å². The van der Waals surface area contributed by atoms with Crippen LogP contribution in [-0.4, -0.2) is 26.8 Å². The highest BCUT2D eigenvalue weighted by Gasteiger charge is 2.11. The molecule has 1 amide bonds. The molecule has 20 heavy (non-hydrogen) atoms. The summed E-state index contributed by atoms with van der Waals surface area (Å²) in [5.74, 6) is -0.0468. The molecule has 2 aromatic rings. The van der Waals surface area contributed by atoms with Crippen LogP contribution in [0, 0.1) is 5.82 Å². The molecule has 1 aromatic carbocycles. The van der Waals surface area contributed by atoms with Crippen LogP contribution in [0.25, 0.3) is 11.4 Å². The van der Waals surface area contributed by atoms with E-state index in [0.29, 0.717) is 17.9 Å². The number of carbonyl (C=O) groups is 1. The maximum absolute atomic E-state index is 12.9. The van der Waals surface area contributed by atoms with Gasteiger partial charge in [-0.3, -0.25) is 9.36 Å². The van der Waals surface area contributed by atoms with E-state index in [4.69, 9.17) is 0 Å². The summed E-state index contributed by atoms with van der Waals surface area (Å²) in [4.78, 5) is 22.8. The van der Waals surface area contributed by atoms with Gasteiger partial charge in [0.15, 0.2) is 5.82 Å². The summed E-state index contributed by atoms with van der Waals surface area (Å²) in [6.07, 6.45) is 0. The molecule has 0 aliphatic heterocycles. The lowest BCUT2D eigenvalue weighted by Gasteiger charge is -2.00. The average molecular weight is 278 g/mol. The number of hydrogen-bond acceptors (Lipinski definition) is 3. The lowest BCUT2D eigenvalue weighted by molar-refractivity contribution is -0.118. The first-order valence-electron chi connectivity index (χ1n) is 6.13. The third-order valence-electron chi connectivity index (χ3n) is 2.84. The number of halogens is 1. The van der Waals surface area contributed by atoms with Crippen LogP contribution in [-0.2, 0) is 18.4 Å². The predicted octanol–water partition coefficient (Wildman–Crippen LogP) is 0.524. The largest absolute Gasteiger partial charge is 0.354 e. The van der Waals surface area contributed by atoms with E-state index in [2.05, 4.69) is 10.4 Å². The molecule has 2 rings (SSSR count). The Bertz CT molecular complexity index is 673. The van der Waals surface area contributed by atoms with Gasteiger partial charge in [-0.15, -0.1) is 5.10 Å². The van der Waals surface area contributed by atoms with Crippen molar-refractivity contribution in [3.8, 4) is 11.4 Å². The zero-order valence-corrected chi connectivity index (χ0v) is 11.3. The first-order valence-corrected chi connectivity index (χ1v) is 6.13. The highest BCUT2D eigenvalue weighted by molar-refractivity contribution is 5.72. The first kappa shape index (κ1) is 14.0. The lowest BCUT2D eigenvalue weighted by atomic mass is 10.2. The Hall–Kier alpha value is -2.44. The number of aromatic nitrogens is 3. The fourth-order valence-corrected chi connectivity index (χ4v) is 1.82. The van der Waals surface area contributed by atoms with Gasteiger partial charge in [0, 0.05) is 26.1 Å². The van der Waals surface area contributed by atoms with E-state index in [9.17, 15) is 14.0 Å². The molecule has 0 unspecified atom stereocenters. The molecule has 0 radical (unpaired) electrons. The molecule has 7 heteroatoms. The van der Waals surface area contributed by atoms with E-state index in [0.717, 1.165) is 0 Å². The summed E-state index contributed by atoms with van der Waals surface area (Å²) >= 11 is 0. The smallest absolute Gasteiger partial charge is 0.345 e. The topological polar surface area (TPSA) is 68.9 Å². The Balaban J connectivity index is 2.25. The molecule has 1 aromatic heterocycles. The average Bonchev–Trinajstić information content (AvgIpc) is 2.68. The summed E-state index contributed by atoms with van der Waals surface area (Å²) in [6, 6.07) is 5.76. The minimum absolute atomic E-state index is 0.160. The second-order valence-corrected chi connectivity index (χ2v) is 4.38. The van der Waals surface area contributed by atoms with E-state index < -0.39 is 0 Å². The van der Waals surface area contributed by atoms with Crippen molar-refractivity contribution in [2.24, 2.45) is 7.05 Å². The van der Waals surface area contributed by atoms with Crippen molar-refractivity contribution >= 4 is 5.91 Å². The fourth-order valence-electron chi connectivity index (χ4n) is 1.82. The van der Waals surface area contributed by atoms with Crippen molar-refractivity contribution < 1.29 is 9.18 Å². The number of hydrogen-bond donors (Lipinski definition) is 1. The van der Waals surface area contributed by atoms with Crippen LogP contribution in [0.1, 0.15) is 6.92 Å². The van der Waals surface area contributed by atoms with Crippen molar-refractivity contribution in [3.63, 3.8) is 0 Å². The maximum atomic E-state index is 12.9. The third kappa shape index (κ3) is 2.93. The Kier molecular flexibility index (Phi) is 3.97. The van der Waals surface area contributed by atoms with Gasteiger partial charge in [0.2, 0.25) is 5.91 Å². The monoisotopic (exact) mass is 278 g/mol. The summed E-state index contributed by atoms with van der Waals surface area (Å²) < 4.78 is 15.6. The molecular weight excluding hydrogens is 263 g/mol. The summed E-state index contributed by atoms with van der Waals surface area (Å²) in [7, 11) is 1.60. The quantitative estimate of drug-likeness (QED) is 0.886. The SMILES string of the molecule is CC(=O)NCCn1nc(-c2ccc(F)cc2)n(C)c1=O. The molecule has 0 aliphatic rings. The standard InChI is InChI=1S/C13H15FN4O2/c1-9(19)15-7-8-18-13(20)17(2)12(16-18)10-3-5-11(14)6-4-10/h3-6H,7-8H2,1-2H3,(H,15,19). The highest BCUT2D eigenvalue weighted by atomic mass is 19.1. The van der Waals surface area contributed by atoms with Crippen LogP contribution in [0.15, 0.2) is 29.1 Å². The number of nitrogens with zero attached hydrogens (tertiary/aromatic N) is 3. The number of carbonyl (C=O) groups excluding carboxylic acids is 1. The van der Waals surface area contributed by atoms with Crippen LogP contribution in [0.5, 0.6) is 0 Å². The Morgan fingerprint density at radius 1 is 1.35 bits per heavy atom. The molecule has 0 atom stereocenters. The van der Waals surface area contributed by atoms with Gasteiger partial charge in [-0.25, -0.2) is 13.9 Å². The molecule has 1 N–H and O–H groups in total. The maximum Gasteiger partial charge on any atom is 0.345 e. The van der Waals surface area contributed by atoms with Crippen LogP contribution < -0.4 is 11.0 Å². The van der Waals surface area contributed by atoms with E-state index >= 15 is 0 Å². The highest BCUT2D eigenvalue weighted by Crippen LogP contribution is 2.15. The van der Waals surface area contributed by atoms with Crippen LogP contribution in [0.2, 0.25) is 0 Å². The molecule has 6 nitrogen and oxygen atoms in total. The molecule has 106 valence electrons. The number of rotatable bonds is 4. The van der Waals surface area contributed by atoms with Crippen LogP contribution in [0.3, 0.4) is 0 Å². The molecule has 0 bridgehead atoms. The van der Waals surface area contributed by atoms with Gasteiger partial charge in [0.05, 0.1) is 6.54 Å². The predicted molar refractivity (Wildman–Crippen MR) is 71.5 cm³/mol. The summed E-state index contributed by atoms with van der Waals surface area (Å²) in [5.41, 5.74) is 0.374. The molecule has 0 spiro atoms.